The van der Waals surface area contributed by atoms with E-state index in [-0.39, 0.29) is 30.3 Å². The van der Waals surface area contributed by atoms with Gasteiger partial charge in [0.05, 0.1) is 11.1 Å². The molecule has 4 rings (SSSR count). The van der Waals surface area contributed by atoms with E-state index >= 15 is 0 Å². The molecule has 1 aromatic rings. The fourth-order valence-corrected chi connectivity index (χ4v) is 4.06. The van der Waals surface area contributed by atoms with Gasteiger partial charge >= 0.3 is 0 Å². The highest BCUT2D eigenvalue weighted by atomic mass is 16.2. The Balaban J connectivity index is 1.55. The molecule has 0 bridgehead atoms. The molecule has 0 aliphatic carbocycles. The predicted molar refractivity (Wildman–Crippen MR) is 97.2 cm³/mol. The van der Waals surface area contributed by atoms with Gasteiger partial charge in [0, 0.05) is 30.2 Å². The zero-order valence-corrected chi connectivity index (χ0v) is 15.3. The Kier molecular flexibility index (Phi) is 4.03. The van der Waals surface area contributed by atoms with E-state index in [1.54, 1.807) is 18.2 Å². The molecular formula is C19H22N4O4. The third-order valence-corrected chi connectivity index (χ3v) is 5.39. The minimum Gasteiger partial charge on any atom is -0.381 e. The molecule has 8 heteroatoms. The van der Waals surface area contributed by atoms with Gasteiger partial charge in [0.1, 0.15) is 6.04 Å². The number of rotatable bonds is 3. The SMILES string of the molecule is CC1(C)CC(Nc2ccc3c(c2)C(=O)N(C2CCC(=O)NC2=O)C3=O)CN1. The van der Waals surface area contributed by atoms with Gasteiger partial charge in [0.2, 0.25) is 11.8 Å². The monoisotopic (exact) mass is 370 g/mol. The van der Waals surface area contributed by atoms with Crippen LogP contribution >= 0.6 is 0 Å². The van der Waals surface area contributed by atoms with Crippen molar-refractivity contribution in [1.29, 1.82) is 0 Å². The molecule has 8 nitrogen and oxygen atoms in total. The third-order valence-electron chi connectivity index (χ3n) is 5.39. The molecule has 27 heavy (non-hydrogen) atoms. The van der Waals surface area contributed by atoms with Crippen molar-refractivity contribution in [2.24, 2.45) is 0 Å². The molecule has 142 valence electrons. The topological polar surface area (TPSA) is 108 Å². The number of carbonyl (C=O) groups is 4. The molecule has 2 unspecified atom stereocenters. The van der Waals surface area contributed by atoms with Gasteiger partial charge in [-0.3, -0.25) is 29.4 Å². The van der Waals surface area contributed by atoms with E-state index in [0.717, 1.165) is 23.6 Å². The van der Waals surface area contributed by atoms with E-state index in [1.165, 1.54) is 0 Å². The lowest BCUT2D eigenvalue weighted by Crippen LogP contribution is -2.54. The number of carbonyl (C=O) groups excluding carboxylic acids is 4. The van der Waals surface area contributed by atoms with Crippen molar-refractivity contribution in [3.63, 3.8) is 0 Å². The van der Waals surface area contributed by atoms with Crippen molar-refractivity contribution >= 4 is 29.3 Å². The third kappa shape index (κ3) is 3.10. The summed E-state index contributed by atoms with van der Waals surface area (Å²) in [4.78, 5) is 49.9. The number of nitrogens with zero attached hydrogens (tertiary/aromatic N) is 1. The van der Waals surface area contributed by atoms with E-state index in [4.69, 9.17) is 0 Å². The Morgan fingerprint density at radius 1 is 1.11 bits per heavy atom. The number of benzene rings is 1. The van der Waals surface area contributed by atoms with Gasteiger partial charge in [0.25, 0.3) is 11.8 Å². The van der Waals surface area contributed by atoms with Crippen LogP contribution in [0.1, 0.15) is 53.8 Å². The number of hydrogen-bond donors (Lipinski definition) is 3. The largest absolute Gasteiger partial charge is 0.381 e. The molecular weight excluding hydrogens is 348 g/mol. The van der Waals surface area contributed by atoms with Crippen LogP contribution in [0, 0.1) is 0 Å². The van der Waals surface area contributed by atoms with E-state index in [9.17, 15) is 19.2 Å². The normalized spacial score (nSPS) is 27.0. The summed E-state index contributed by atoms with van der Waals surface area (Å²) in [5.41, 5.74) is 1.41. The molecule has 1 aromatic carbocycles. The zero-order valence-electron chi connectivity index (χ0n) is 15.3. The molecule has 2 fully saturated rings. The van der Waals surface area contributed by atoms with Crippen LogP contribution in [-0.2, 0) is 9.59 Å². The zero-order chi connectivity index (χ0) is 19.3. The maximum atomic E-state index is 12.8. The van der Waals surface area contributed by atoms with Gasteiger partial charge in [-0.05, 0) is 44.9 Å². The number of fused-ring (bicyclic) bond motifs is 1. The molecule has 2 saturated heterocycles. The molecule has 3 N–H and O–H groups in total. The number of amides is 4. The van der Waals surface area contributed by atoms with Crippen molar-refractivity contribution in [3.8, 4) is 0 Å². The summed E-state index contributed by atoms with van der Waals surface area (Å²) >= 11 is 0. The fourth-order valence-electron chi connectivity index (χ4n) is 4.06. The Morgan fingerprint density at radius 2 is 1.85 bits per heavy atom. The summed E-state index contributed by atoms with van der Waals surface area (Å²) in [5, 5.41) is 9.03. The summed E-state index contributed by atoms with van der Waals surface area (Å²) in [6.07, 6.45) is 1.21. The summed E-state index contributed by atoms with van der Waals surface area (Å²) in [5.74, 6) is -1.96. The Bertz CT molecular complexity index is 863. The van der Waals surface area contributed by atoms with E-state index in [1.807, 2.05) is 0 Å². The van der Waals surface area contributed by atoms with Crippen LogP contribution in [-0.4, -0.2) is 52.7 Å². The molecule has 0 spiro atoms. The number of imide groups is 2. The van der Waals surface area contributed by atoms with Crippen LogP contribution in [0.5, 0.6) is 0 Å². The molecule has 0 saturated carbocycles. The summed E-state index contributed by atoms with van der Waals surface area (Å²) in [7, 11) is 0. The van der Waals surface area contributed by atoms with E-state index in [2.05, 4.69) is 29.8 Å². The molecule has 0 radical (unpaired) electrons. The summed E-state index contributed by atoms with van der Waals surface area (Å²) in [6, 6.07) is 4.37. The van der Waals surface area contributed by atoms with Crippen molar-refractivity contribution in [2.45, 2.75) is 50.7 Å². The van der Waals surface area contributed by atoms with Gasteiger partial charge in [-0.15, -0.1) is 0 Å². The first-order valence-corrected chi connectivity index (χ1v) is 9.12. The van der Waals surface area contributed by atoms with Crippen LogP contribution in [0.2, 0.25) is 0 Å². The van der Waals surface area contributed by atoms with Gasteiger partial charge in [-0.25, -0.2) is 0 Å². The Labute approximate surface area is 156 Å². The quantitative estimate of drug-likeness (QED) is 0.674. The predicted octanol–water partition coefficient (Wildman–Crippen LogP) is 0.640. The van der Waals surface area contributed by atoms with Crippen LogP contribution in [0.4, 0.5) is 5.69 Å². The van der Waals surface area contributed by atoms with Crippen LogP contribution in [0.25, 0.3) is 0 Å². The smallest absolute Gasteiger partial charge is 0.262 e. The van der Waals surface area contributed by atoms with Crippen molar-refractivity contribution in [2.75, 3.05) is 11.9 Å². The fraction of sp³-hybridized carbons (Fsp3) is 0.474. The van der Waals surface area contributed by atoms with Crippen LogP contribution < -0.4 is 16.0 Å². The van der Waals surface area contributed by atoms with Gasteiger partial charge in [-0.2, -0.15) is 0 Å². The minimum absolute atomic E-state index is 0.0583. The second-order valence-electron chi connectivity index (χ2n) is 8.02. The van der Waals surface area contributed by atoms with Crippen molar-refractivity contribution < 1.29 is 19.2 Å². The second-order valence-corrected chi connectivity index (χ2v) is 8.02. The minimum atomic E-state index is -0.939. The lowest BCUT2D eigenvalue weighted by Gasteiger charge is -2.27. The highest BCUT2D eigenvalue weighted by Gasteiger charge is 2.44. The number of hydrogen-bond acceptors (Lipinski definition) is 6. The Hall–Kier alpha value is -2.74. The number of anilines is 1. The molecule has 3 heterocycles. The van der Waals surface area contributed by atoms with E-state index < -0.39 is 23.8 Å². The number of nitrogens with one attached hydrogen (secondary N) is 3. The summed E-state index contributed by atoms with van der Waals surface area (Å²) < 4.78 is 0. The lowest BCUT2D eigenvalue weighted by atomic mass is 10.0. The van der Waals surface area contributed by atoms with Gasteiger partial charge < -0.3 is 10.6 Å². The standard InChI is InChI=1S/C19H22N4O4/c1-19(2)8-11(9-20-19)21-10-3-4-12-13(7-10)18(27)23(17(12)26)14-5-6-15(24)22-16(14)25/h3-4,7,11,14,20-21H,5-6,8-9H2,1-2H3,(H,22,24,25). The molecule has 2 atom stereocenters. The van der Waals surface area contributed by atoms with Crippen molar-refractivity contribution in [1.82, 2.24) is 15.5 Å². The molecule has 0 aromatic heterocycles. The first-order valence-electron chi connectivity index (χ1n) is 9.12. The molecule has 3 aliphatic heterocycles. The number of piperidine rings is 1. The maximum Gasteiger partial charge on any atom is 0.262 e. The van der Waals surface area contributed by atoms with Gasteiger partial charge in [0.15, 0.2) is 0 Å². The highest BCUT2D eigenvalue weighted by molar-refractivity contribution is 6.23. The van der Waals surface area contributed by atoms with Gasteiger partial charge in [-0.1, -0.05) is 0 Å². The Morgan fingerprint density at radius 3 is 2.52 bits per heavy atom. The molecule has 4 amide bonds. The average molecular weight is 370 g/mol. The van der Waals surface area contributed by atoms with Crippen molar-refractivity contribution in [3.05, 3.63) is 29.3 Å². The summed E-state index contributed by atoms with van der Waals surface area (Å²) in [6.45, 7) is 5.09. The first kappa shape index (κ1) is 17.7. The van der Waals surface area contributed by atoms with E-state index in [0.29, 0.717) is 11.1 Å². The lowest BCUT2D eigenvalue weighted by molar-refractivity contribution is -0.136. The first-order chi connectivity index (χ1) is 12.7. The molecule has 3 aliphatic rings. The maximum absolute atomic E-state index is 12.8. The van der Waals surface area contributed by atoms with Crippen LogP contribution in [0.3, 0.4) is 0 Å². The van der Waals surface area contributed by atoms with Crippen LogP contribution in [0.15, 0.2) is 18.2 Å². The highest BCUT2D eigenvalue weighted by Crippen LogP contribution is 2.30. The average Bonchev–Trinajstić information content (AvgIpc) is 3.06. The second kappa shape index (κ2) is 6.16.